The summed E-state index contributed by atoms with van der Waals surface area (Å²) >= 11 is 1.18. The van der Waals surface area contributed by atoms with Crippen LogP contribution in [-0.4, -0.2) is 38.9 Å². The van der Waals surface area contributed by atoms with Crippen molar-refractivity contribution in [1.82, 2.24) is 15.0 Å². The van der Waals surface area contributed by atoms with Gasteiger partial charge in [-0.05, 0) is 30.7 Å². The number of pyridine rings is 1. The number of hydrogen-bond acceptors (Lipinski definition) is 7. The van der Waals surface area contributed by atoms with Crippen LogP contribution in [0.5, 0.6) is 0 Å². The van der Waals surface area contributed by atoms with Crippen LogP contribution in [0.25, 0.3) is 0 Å². The lowest BCUT2D eigenvalue weighted by Crippen LogP contribution is -2.35. The lowest BCUT2D eigenvalue weighted by atomic mass is 9.96. The molecule has 0 aliphatic heterocycles. The van der Waals surface area contributed by atoms with Crippen LogP contribution in [0.1, 0.15) is 31.2 Å². The van der Waals surface area contributed by atoms with Crippen molar-refractivity contribution < 1.29 is 13.2 Å². The van der Waals surface area contributed by atoms with Gasteiger partial charge in [-0.3, -0.25) is 4.79 Å². The summed E-state index contributed by atoms with van der Waals surface area (Å²) in [5, 5.41) is 14.8. The van der Waals surface area contributed by atoms with Crippen LogP contribution in [0.15, 0.2) is 34.7 Å². The summed E-state index contributed by atoms with van der Waals surface area (Å²) in [5.41, 5.74) is -0.0534. The third-order valence-electron chi connectivity index (χ3n) is 3.88. The number of nitriles is 1. The summed E-state index contributed by atoms with van der Waals surface area (Å²) in [7, 11) is -3.62. The van der Waals surface area contributed by atoms with Gasteiger partial charge in [0.2, 0.25) is 15.9 Å². The normalized spacial score (nSPS) is 11.7. The first-order chi connectivity index (χ1) is 13.6. The Labute approximate surface area is 175 Å². The Kier molecular flexibility index (Phi) is 7.73. The molecule has 3 N–H and O–H groups in total. The fraction of sp³-hybridized carbons (Fsp3) is 0.421. The summed E-state index contributed by atoms with van der Waals surface area (Å²) < 4.78 is 27.6. The molecule has 156 valence electrons. The monoisotopic (exact) mass is 435 g/mol. The predicted octanol–water partition coefficient (Wildman–Crippen LogP) is 2.11. The number of thiophene rings is 1. The minimum atomic E-state index is -3.62. The first-order valence-corrected chi connectivity index (χ1v) is 11.4. The minimum absolute atomic E-state index is 0.0384. The Morgan fingerprint density at radius 1 is 1.21 bits per heavy atom. The topological polar surface area (TPSA) is 124 Å². The molecule has 10 heteroatoms. The van der Waals surface area contributed by atoms with Gasteiger partial charge in [0.15, 0.2) is 0 Å². The van der Waals surface area contributed by atoms with Crippen LogP contribution in [0.3, 0.4) is 0 Å². The Hall–Kier alpha value is -2.48. The lowest BCUT2D eigenvalue weighted by Gasteiger charge is -2.17. The van der Waals surface area contributed by atoms with Crippen LogP contribution >= 0.6 is 11.3 Å². The van der Waals surface area contributed by atoms with E-state index in [-0.39, 0.29) is 16.7 Å². The third-order valence-corrected chi connectivity index (χ3v) is 6.98. The van der Waals surface area contributed by atoms with Crippen LogP contribution < -0.4 is 15.4 Å². The number of nitrogens with zero attached hydrogens (tertiary/aromatic N) is 2. The molecule has 2 aromatic rings. The van der Waals surface area contributed by atoms with Gasteiger partial charge in [-0.25, -0.2) is 18.1 Å². The van der Waals surface area contributed by atoms with Gasteiger partial charge in [0, 0.05) is 36.1 Å². The first-order valence-electron chi connectivity index (χ1n) is 9.09. The summed E-state index contributed by atoms with van der Waals surface area (Å²) in [6.07, 6.45) is 2.13. The van der Waals surface area contributed by atoms with Gasteiger partial charge in [-0.2, -0.15) is 5.26 Å². The molecule has 29 heavy (non-hydrogen) atoms. The molecule has 2 heterocycles. The molecule has 0 spiro atoms. The van der Waals surface area contributed by atoms with E-state index >= 15 is 0 Å². The van der Waals surface area contributed by atoms with Crippen LogP contribution in [0.2, 0.25) is 0 Å². The van der Waals surface area contributed by atoms with E-state index in [2.05, 4.69) is 20.3 Å². The Morgan fingerprint density at radius 3 is 2.66 bits per heavy atom. The van der Waals surface area contributed by atoms with Crippen LogP contribution in [0, 0.1) is 16.7 Å². The smallest absolute Gasteiger partial charge is 0.250 e. The van der Waals surface area contributed by atoms with E-state index in [1.165, 1.54) is 11.3 Å². The van der Waals surface area contributed by atoms with E-state index < -0.39 is 15.4 Å². The zero-order valence-corrected chi connectivity index (χ0v) is 18.3. The number of hydrogen-bond donors (Lipinski definition) is 3. The Bertz CT molecular complexity index is 988. The molecule has 0 unspecified atom stereocenters. The van der Waals surface area contributed by atoms with Crippen molar-refractivity contribution in [3.8, 4) is 6.07 Å². The van der Waals surface area contributed by atoms with Crippen molar-refractivity contribution in [3.63, 3.8) is 0 Å². The molecule has 0 saturated carbocycles. The molecule has 0 atom stereocenters. The summed E-state index contributed by atoms with van der Waals surface area (Å²) in [5.74, 6) is 0.383. The quantitative estimate of drug-likeness (QED) is 0.518. The molecule has 1 amide bonds. The fourth-order valence-electron chi connectivity index (χ4n) is 2.28. The molecule has 0 bridgehead atoms. The number of rotatable bonds is 9. The van der Waals surface area contributed by atoms with Crippen molar-refractivity contribution in [2.45, 2.75) is 31.4 Å². The van der Waals surface area contributed by atoms with Gasteiger partial charge in [-0.15, -0.1) is 11.3 Å². The molecule has 0 aliphatic rings. The maximum absolute atomic E-state index is 12.4. The van der Waals surface area contributed by atoms with Gasteiger partial charge in [-0.1, -0.05) is 20.8 Å². The molecule has 8 nitrogen and oxygen atoms in total. The number of sulfonamides is 1. The van der Waals surface area contributed by atoms with E-state index in [0.29, 0.717) is 30.9 Å². The highest BCUT2D eigenvalue weighted by Crippen LogP contribution is 2.22. The fourth-order valence-corrected chi connectivity index (χ4v) is 4.71. The SMILES string of the molecule is CC(C)(C)C(=O)NCCc1ccc(S(=O)(=O)NCCNc2ncccc2C#N)s1. The highest BCUT2D eigenvalue weighted by molar-refractivity contribution is 7.91. The molecule has 2 rings (SSSR count). The number of nitrogens with one attached hydrogen (secondary N) is 3. The van der Waals surface area contributed by atoms with Crippen molar-refractivity contribution >= 4 is 33.1 Å². The maximum Gasteiger partial charge on any atom is 0.250 e. The maximum atomic E-state index is 12.4. The molecule has 0 radical (unpaired) electrons. The number of aromatic nitrogens is 1. The highest BCUT2D eigenvalue weighted by Gasteiger charge is 2.21. The van der Waals surface area contributed by atoms with Gasteiger partial charge in [0.1, 0.15) is 16.1 Å². The van der Waals surface area contributed by atoms with Crippen molar-refractivity contribution in [3.05, 3.63) is 40.9 Å². The molecular weight excluding hydrogens is 410 g/mol. The first kappa shape index (κ1) is 22.8. The molecule has 0 aromatic carbocycles. The predicted molar refractivity (Wildman–Crippen MR) is 113 cm³/mol. The zero-order chi connectivity index (χ0) is 21.5. The largest absolute Gasteiger partial charge is 0.368 e. The van der Waals surface area contributed by atoms with E-state index in [4.69, 9.17) is 5.26 Å². The molecule has 0 saturated heterocycles. The van der Waals surface area contributed by atoms with Crippen molar-refractivity contribution in [2.24, 2.45) is 5.41 Å². The van der Waals surface area contributed by atoms with E-state index in [9.17, 15) is 13.2 Å². The second-order valence-corrected chi connectivity index (χ2v) is 10.5. The Morgan fingerprint density at radius 2 is 1.97 bits per heavy atom. The Balaban J connectivity index is 1.82. The molecule has 2 aromatic heterocycles. The lowest BCUT2D eigenvalue weighted by molar-refractivity contribution is -0.128. The number of carbonyl (C=O) groups is 1. The van der Waals surface area contributed by atoms with Gasteiger partial charge >= 0.3 is 0 Å². The zero-order valence-electron chi connectivity index (χ0n) is 16.7. The van der Waals surface area contributed by atoms with Gasteiger partial charge in [0.05, 0.1) is 5.56 Å². The van der Waals surface area contributed by atoms with E-state index in [1.807, 2.05) is 26.8 Å². The van der Waals surface area contributed by atoms with Gasteiger partial charge < -0.3 is 10.6 Å². The van der Waals surface area contributed by atoms with E-state index in [0.717, 1.165) is 4.88 Å². The van der Waals surface area contributed by atoms with Crippen LogP contribution in [-0.2, 0) is 21.2 Å². The van der Waals surface area contributed by atoms with Crippen molar-refractivity contribution in [2.75, 3.05) is 25.0 Å². The molecular formula is C19H25N5O3S2. The third kappa shape index (κ3) is 6.81. The summed E-state index contributed by atoms with van der Waals surface area (Å²) in [6, 6.07) is 8.64. The second kappa shape index (κ2) is 9.82. The van der Waals surface area contributed by atoms with Gasteiger partial charge in [0.25, 0.3) is 0 Å². The average Bonchev–Trinajstić information content (AvgIpc) is 3.14. The summed E-state index contributed by atoms with van der Waals surface area (Å²) in [6.45, 7) is 6.42. The minimum Gasteiger partial charge on any atom is -0.368 e. The standard InChI is InChI=1S/C19H25N5O3S2/c1-19(2,3)18(25)23-10-8-15-6-7-16(28-15)29(26,27)24-12-11-22-17-14(13-20)5-4-9-21-17/h4-7,9,24H,8,10-12H2,1-3H3,(H,21,22)(H,23,25). The average molecular weight is 436 g/mol. The molecule has 0 fully saturated rings. The number of anilines is 1. The van der Waals surface area contributed by atoms with E-state index in [1.54, 1.807) is 30.5 Å². The molecule has 0 aliphatic carbocycles. The van der Waals surface area contributed by atoms with Crippen molar-refractivity contribution in [1.29, 1.82) is 5.26 Å². The summed E-state index contributed by atoms with van der Waals surface area (Å²) in [4.78, 5) is 16.8. The second-order valence-electron chi connectivity index (χ2n) is 7.31. The number of carbonyl (C=O) groups excluding carboxylic acids is 1. The number of amides is 1. The van der Waals surface area contributed by atoms with Crippen LogP contribution in [0.4, 0.5) is 5.82 Å². The highest BCUT2D eigenvalue weighted by atomic mass is 32.2.